The number of esters is 1. The van der Waals surface area contributed by atoms with Crippen LogP contribution in [0, 0.1) is 6.92 Å². The fraction of sp³-hybridized carbons (Fsp3) is 0.417. The number of nitrogens with one attached hydrogen (secondary N) is 2. The van der Waals surface area contributed by atoms with Crippen LogP contribution in [0.3, 0.4) is 0 Å². The number of anilines is 1. The van der Waals surface area contributed by atoms with Gasteiger partial charge in [0.1, 0.15) is 0 Å². The van der Waals surface area contributed by atoms with Crippen molar-refractivity contribution >= 4 is 29.3 Å². The van der Waals surface area contributed by atoms with Crippen molar-refractivity contribution in [3.63, 3.8) is 0 Å². The number of benzene rings is 1. The van der Waals surface area contributed by atoms with Crippen molar-refractivity contribution in [3.05, 3.63) is 52.8 Å². The monoisotopic (exact) mass is 454 g/mol. The molecule has 1 saturated heterocycles. The molecule has 1 aromatic carbocycles. The number of aromatic nitrogens is 1. The molecule has 3 rings (SSSR count). The van der Waals surface area contributed by atoms with Gasteiger partial charge in [0.25, 0.3) is 0 Å². The predicted molar refractivity (Wildman–Crippen MR) is 123 cm³/mol. The number of Topliss-reactive ketones (excluding diaryl/α,β-unsaturated/α-hetero) is 1. The highest BCUT2D eigenvalue weighted by molar-refractivity contribution is 6.01. The third-order valence-corrected chi connectivity index (χ3v) is 5.82. The summed E-state index contributed by atoms with van der Waals surface area (Å²) in [5, 5.41) is 2.72. The molecule has 0 saturated carbocycles. The van der Waals surface area contributed by atoms with E-state index in [1.807, 2.05) is 23.1 Å². The number of hydrogen-bond donors (Lipinski definition) is 2. The summed E-state index contributed by atoms with van der Waals surface area (Å²) in [6, 6.07) is 10.1. The Bertz CT molecular complexity index is 1020. The maximum Gasteiger partial charge on any atom is 0.339 e. The van der Waals surface area contributed by atoms with Gasteiger partial charge >= 0.3 is 5.97 Å². The van der Waals surface area contributed by atoms with Crippen LogP contribution in [0.5, 0.6) is 0 Å². The topological polar surface area (TPSA) is 112 Å². The number of hydrogen-bond acceptors (Lipinski definition) is 6. The number of H-pyrrole nitrogens is 1. The number of ketones is 1. The van der Waals surface area contributed by atoms with E-state index in [4.69, 9.17) is 4.74 Å². The van der Waals surface area contributed by atoms with Crippen molar-refractivity contribution in [2.24, 2.45) is 0 Å². The second-order valence-corrected chi connectivity index (χ2v) is 8.01. The molecule has 2 N–H and O–H groups in total. The predicted octanol–water partition coefficient (Wildman–Crippen LogP) is 1.71. The first-order valence-corrected chi connectivity index (χ1v) is 11.0. The van der Waals surface area contributed by atoms with E-state index in [2.05, 4.69) is 27.3 Å². The van der Waals surface area contributed by atoms with Crippen molar-refractivity contribution in [2.75, 3.05) is 44.7 Å². The lowest BCUT2D eigenvalue weighted by atomic mass is 10.1. The minimum absolute atomic E-state index is 0.00662. The first kappa shape index (κ1) is 24.0. The van der Waals surface area contributed by atoms with Crippen molar-refractivity contribution in [3.8, 4) is 0 Å². The Kier molecular flexibility index (Phi) is 7.87. The van der Waals surface area contributed by atoms with E-state index in [1.54, 1.807) is 6.92 Å². The second-order valence-electron chi connectivity index (χ2n) is 8.01. The number of nitrogens with zero attached hydrogens (tertiary/aromatic N) is 2. The molecule has 0 aliphatic carbocycles. The summed E-state index contributed by atoms with van der Waals surface area (Å²) in [4.78, 5) is 55.8. The van der Waals surface area contributed by atoms with Gasteiger partial charge in [-0.2, -0.15) is 0 Å². The molecular formula is C24H30N4O5. The Morgan fingerprint density at radius 1 is 1.06 bits per heavy atom. The van der Waals surface area contributed by atoms with Gasteiger partial charge in [0.2, 0.25) is 11.8 Å². The molecule has 9 nitrogen and oxygen atoms in total. The number of piperazine rings is 1. The Hall–Kier alpha value is -3.62. The van der Waals surface area contributed by atoms with Crippen LogP contribution in [0.2, 0.25) is 0 Å². The fourth-order valence-electron chi connectivity index (χ4n) is 4.06. The van der Waals surface area contributed by atoms with Gasteiger partial charge in [-0.1, -0.05) is 18.2 Å². The lowest BCUT2D eigenvalue weighted by molar-refractivity contribution is -0.131. The highest BCUT2D eigenvalue weighted by Gasteiger charge is 2.25. The van der Waals surface area contributed by atoms with Gasteiger partial charge in [0.15, 0.2) is 5.78 Å². The maximum atomic E-state index is 12.5. The standard InChI is InChI=1S/C24H30N4O5/c1-16-22(24(32)33-3)19(26-23(16)17(2)29)15-20(30)25-10-9-21(31)28-13-11-27(12-14-28)18-7-5-4-6-8-18/h4-8,26H,9-15H2,1-3H3,(H,25,30). The summed E-state index contributed by atoms with van der Waals surface area (Å²) in [5.74, 6) is -1.20. The molecule has 2 heterocycles. The summed E-state index contributed by atoms with van der Waals surface area (Å²) in [5.41, 5.74) is 2.41. The smallest absolute Gasteiger partial charge is 0.339 e. The molecule has 2 amide bonds. The molecule has 1 aliphatic heterocycles. The van der Waals surface area contributed by atoms with Gasteiger partial charge < -0.3 is 24.8 Å². The first-order chi connectivity index (χ1) is 15.8. The third kappa shape index (κ3) is 5.79. The lowest BCUT2D eigenvalue weighted by Gasteiger charge is -2.36. The highest BCUT2D eigenvalue weighted by atomic mass is 16.5. The van der Waals surface area contributed by atoms with Crippen molar-refractivity contribution in [1.82, 2.24) is 15.2 Å². The van der Waals surface area contributed by atoms with Gasteiger partial charge in [-0.3, -0.25) is 14.4 Å². The van der Waals surface area contributed by atoms with Crippen molar-refractivity contribution in [2.45, 2.75) is 26.7 Å². The molecule has 1 aromatic heterocycles. The molecule has 1 aliphatic rings. The van der Waals surface area contributed by atoms with Gasteiger partial charge in [0.05, 0.1) is 24.8 Å². The first-order valence-electron chi connectivity index (χ1n) is 11.0. The zero-order valence-corrected chi connectivity index (χ0v) is 19.3. The van der Waals surface area contributed by atoms with Gasteiger partial charge in [-0.25, -0.2) is 4.79 Å². The van der Waals surface area contributed by atoms with Crippen LogP contribution in [-0.4, -0.2) is 73.3 Å². The van der Waals surface area contributed by atoms with Crippen LogP contribution in [0.1, 0.15) is 45.4 Å². The van der Waals surface area contributed by atoms with E-state index in [9.17, 15) is 19.2 Å². The van der Waals surface area contributed by atoms with E-state index in [0.717, 1.165) is 18.8 Å². The normalized spacial score (nSPS) is 13.5. The van der Waals surface area contributed by atoms with Gasteiger partial charge in [-0.15, -0.1) is 0 Å². The Balaban J connectivity index is 1.48. The quantitative estimate of drug-likeness (QED) is 0.464. The maximum absolute atomic E-state index is 12.5. The van der Waals surface area contributed by atoms with E-state index >= 15 is 0 Å². The van der Waals surface area contributed by atoms with Crippen LogP contribution < -0.4 is 10.2 Å². The number of aromatic amines is 1. The molecule has 33 heavy (non-hydrogen) atoms. The number of para-hydroxylation sites is 1. The number of methoxy groups -OCH3 is 1. The zero-order chi connectivity index (χ0) is 24.0. The highest BCUT2D eigenvalue weighted by Crippen LogP contribution is 2.21. The number of ether oxygens (including phenoxy) is 1. The van der Waals surface area contributed by atoms with Crippen LogP contribution in [-0.2, 0) is 20.7 Å². The zero-order valence-electron chi connectivity index (χ0n) is 19.3. The van der Waals surface area contributed by atoms with Gasteiger partial charge in [-0.05, 0) is 24.6 Å². The number of rotatable bonds is 8. The average Bonchev–Trinajstić information content (AvgIpc) is 3.15. The molecule has 0 unspecified atom stereocenters. The molecule has 0 radical (unpaired) electrons. The summed E-state index contributed by atoms with van der Waals surface area (Å²) in [6.07, 6.45) is 0.0753. The number of carbonyl (C=O) groups excluding carboxylic acids is 4. The Morgan fingerprint density at radius 3 is 2.33 bits per heavy atom. The molecule has 2 aromatic rings. The van der Waals surface area contributed by atoms with Crippen LogP contribution in [0.4, 0.5) is 5.69 Å². The summed E-state index contributed by atoms with van der Waals surface area (Å²) in [7, 11) is 1.25. The molecule has 176 valence electrons. The lowest BCUT2D eigenvalue weighted by Crippen LogP contribution is -2.49. The summed E-state index contributed by atoms with van der Waals surface area (Å²) in [6.45, 7) is 6.03. The van der Waals surface area contributed by atoms with E-state index < -0.39 is 5.97 Å². The van der Waals surface area contributed by atoms with Crippen molar-refractivity contribution in [1.29, 1.82) is 0 Å². The van der Waals surface area contributed by atoms with E-state index in [1.165, 1.54) is 14.0 Å². The molecule has 1 fully saturated rings. The van der Waals surface area contributed by atoms with E-state index in [-0.39, 0.29) is 48.2 Å². The molecule has 0 spiro atoms. The molecule has 9 heteroatoms. The minimum atomic E-state index is -0.608. The molecule has 0 atom stereocenters. The SMILES string of the molecule is COC(=O)c1c(CC(=O)NCCC(=O)N2CCN(c3ccccc3)CC2)[nH]c(C(C)=O)c1C. The Morgan fingerprint density at radius 2 is 1.73 bits per heavy atom. The second kappa shape index (κ2) is 10.8. The summed E-state index contributed by atoms with van der Waals surface area (Å²) >= 11 is 0. The van der Waals surface area contributed by atoms with Crippen LogP contribution >= 0.6 is 0 Å². The largest absolute Gasteiger partial charge is 0.465 e. The number of amides is 2. The van der Waals surface area contributed by atoms with E-state index in [0.29, 0.717) is 24.3 Å². The molecular weight excluding hydrogens is 424 g/mol. The number of carbonyl (C=O) groups is 4. The van der Waals surface area contributed by atoms with Crippen molar-refractivity contribution < 1.29 is 23.9 Å². The van der Waals surface area contributed by atoms with Gasteiger partial charge in [0, 0.05) is 57.4 Å². The van der Waals surface area contributed by atoms with Crippen LogP contribution in [0.25, 0.3) is 0 Å². The minimum Gasteiger partial charge on any atom is -0.465 e. The average molecular weight is 455 g/mol. The third-order valence-electron chi connectivity index (χ3n) is 5.82. The molecule has 0 bridgehead atoms. The fourth-order valence-corrected chi connectivity index (χ4v) is 4.06. The van der Waals surface area contributed by atoms with Crippen LogP contribution in [0.15, 0.2) is 30.3 Å². The summed E-state index contributed by atoms with van der Waals surface area (Å²) < 4.78 is 4.79. The Labute approximate surface area is 193 Å².